The third kappa shape index (κ3) is 15.0. The SMILES string of the molecule is OB(O)c1ccc2c3ccccc3n(-c3ccc(-c4cc(-c5ccccc5)nc(-c5ccccc5)n4)cc3)c2c1.OB(O)c1ccc2c3ccccc3n(-c3ccc(-c4cc(-c5ccccn5)nc(-c5ccccn5)c4)cc3)c2c1.OB(O)c1ccc2c3ccccc3n(-c3ccc(-c4nc(-c5ccccc5)cc(-c5ccccc5)n4)cc3)c2c1. The van der Waals surface area contributed by atoms with Crippen LogP contribution in [0.25, 0.3) is 184 Å². The van der Waals surface area contributed by atoms with Gasteiger partial charge >= 0.3 is 21.4 Å². The van der Waals surface area contributed by atoms with Crippen LogP contribution >= 0.6 is 0 Å². The molecule has 0 unspecified atom stereocenters. The molecular formula is C101H71B3N10O6. The van der Waals surface area contributed by atoms with E-state index in [1.165, 1.54) is 0 Å². The summed E-state index contributed by atoms with van der Waals surface area (Å²) in [5.74, 6) is 1.33. The van der Waals surface area contributed by atoms with Crippen LogP contribution in [-0.2, 0) is 0 Å². The Kier molecular flexibility index (Phi) is 20.5. The second-order valence-corrected chi connectivity index (χ2v) is 29.1. The maximum absolute atomic E-state index is 9.83. The fraction of sp³-hybridized carbons (Fsp3) is 0. The molecule has 21 rings (SSSR count). The third-order valence-corrected chi connectivity index (χ3v) is 21.6. The number of hydrogen-bond donors (Lipinski definition) is 6. The standard InChI is InChI=1S/2C34H24BN3O2.C33H23BN4O2/c39-35(40)26-17-20-29-28-13-7-8-14-32(28)38(33(29)21-26)27-18-15-24(16-19-27)31-22-30(23-9-3-1-4-10-23)36-34(37-31)25-11-5-2-6-12-25;39-35(40)26-17-20-29-28-13-7-8-14-32(28)38(33(29)21-26)27-18-15-25(16-19-27)34-36-30(23-9-3-1-4-10-23)22-31(37-34)24-11-5-2-6-12-24;39-34(40)24-13-16-27-26-7-1-2-10-32(26)38(33(27)21-24)25-14-11-22(12-15-25)23-19-30(28-8-3-5-17-35-28)37-31(20-23)29-9-4-6-18-36-29/h2*1-22,39-40H;1-21,39-40H. The minimum Gasteiger partial charge on any atom is -0.423 e. The number of fused-ring (bicyclic) bond motifs is 9. The Hall–Kier alpha value is -15.2. The van der Waals surface area contributed by atoms with Crippen LogP contribution in [0.1, 0.15) is 0 Å². The highest BCUT2D eigenvalue weighted by molar-refractivity contribution is 6.60. The molecule has 0 amide bonds. The van der Waals surface area contributed by atoms with Crippen molar-refractivity contribution in [3.05, 3.63) is 395 Å². The van der Waals surface area contributed by atoms with Crippen LogP contribution in [0.4, 0.5) is 0 Å². The zero-order valence-corrected chi connectivity index (χ0v) is 64.4. The molecular weight excluding hydrogens is 1480 g/mol. The van der Waals surface area contributed by atoms with E-state index >= 15 is 0 Å². The number of aromatic nitrogens is 10. The highest BCUT2D eigenvalue weighted by Crippen LogP contribution is 2.39. The molecule has 8 heterocycles. The molecule has 13 aromatic carbocycles. The van der Waals surface area contributed by atoms with Gasteiger partial charge in [0.05, 0.1) is 78.7 Å². The van der Waals surface area contributed by atoms with Gasteiger partial charge in [0, 0.05) is 95.2 Å². The maximum atomic E-state index is 9.83. The third-order valence-electron chi connectivity index (χ3n) is 21.6. The lowest BCUT2D eigenvalue weighted by Crippen LogP contribution is -2.29. The number of para-hydroxylation sites is 3. The molecule has 0 saturated heterocycles. The fourth-order valence-electron chi connectivity index (χ4n) is 15.8. The molecule has 0 spiro atoms. The van der Waals surface area contributed by atoms with Crippen molar-refractivity contribution < 1.29 is 30.1 Å². The second-order valence-electron chi connectivity index (χ2n) is 29.1. The van der Waals surface area contributed by atoms with Crippen molar-refractivity contribution in [3.8, 4) is 119 Å². The van der Waals surface area contributed by atoms with Crippen LogP contribution in [0, 0.1) is 0 Å². The van der Waals surface area contributed by atoms with Gasteiger partial charge in [-0.2, -0.15) is 0 Å². The number of benzene rings is 13. The zero-order valence-electron chi connectivity index (χ0n) is 64.4. The maximum Gasteiger partial charge on any atom is 0.488 e. The van der Waals surface area contributed by atoms with Crippen LogP contribution in [0.3, 0.4) is 0 Å². The first kappa shape index (κ1) is 74.9. The molecule has 0 radical (unpaired) electrons. The van der Waals surface area contributed by atoms with Crippen LogP contribution in [0.2, 0.25) is 0 Å². The minimum absolute atomic E-state index is 0.452. The first-order chi connectivity index (χ1) is 59.0. The van der Waals surface area contributed by atoms with E-state index in [0.29, 0.717) is 28.0 Å². The molecule has 0 fully saturated rings. The molecule has 0 aliphatic carbocycles. The highest BCUT2D eigenvalue weighted by Gasteiger charge is 2.23. The fourth-order valence-corrected chi connectivity index (χ4v) is 15.8. The van der Waals surface area contributed by atoms with Crippen LogP contribution in [-0.4, -0.2) is 100 Å². The summed E-state index contributed by atoms with van der Waals surface area (Å²) < 4.78 is 6.47. The predicted molar refractivity (Wildman–Crippen MR) is 485 cm³/mol. The normalized spacial score (nSPS) is 11.2. The summed E-state index contributed by atoms with van der Waals surface area (Å²) in [6, 6.07) is 126. The Labute approximate surface area is 691 Å². The molecule has 8 aromatic heterocycles. The molecule has 19 heteroatoms. The van der Waals surface area contributed by atoms with Gasteiger partial charge in [-0.05, 0) is 161 Å². The van der Waals surface area contributed by atoms with Crippen molar-refractivity contribution in [3.63, 3.8) is 0 Å². The van der Waals surface area contributed by atoms with Gasteiger partial charge in [-0.25, -0.2) is 24.9 Å². The molecule has 0 atom stereocenters. The molecule has 120 heavy (non-hydrogen) atoms. The van der Waals surface area contributed by atoms with E-state index in [9.17, 15) is 30.1 Å². The lowest BCUT2D eigenvalue weighted by molar-refractivity contribution is 0.424. The van der Waals surface area contributed by atoms with Gasteiger partial charge in [0.2, 0.25) is 0 Å². The van der Waals surface area contributed by atoms with E-state index < -0.39 is 21.4 Å². The summed E-state index contributed by atoms with van der Waals surface area (Å²) in [4.78, 5) is 33.7. The van der Waals surface area contributed by atoms with Crippen molar-refractivity contribution in [1.29, 1.82) is 0 Å². The van der Waals surface area contributed by atoms with Crippen molar-refractivity contribution in [2.75, 3.05) is 0 Å². The van der Waals surface area contributed by atoms with Gasteiger partial charge in [-0.15, -0.1) is 0 Å². The molecule has 21 aromatic rings. The van der Waals surface area contributed by atoms with Crippen LogP contribution in [0.15, 0.2) is 395 Å². The Morgan fingerprint density at radius 1 is 0.183 bits per heavy atom. The molecule has 0 saturated carbocycles. The van der Waals surface area contributed by atoms with Crippen LogP contribution in [0.5, 0.6) is 0 Å². The van der Waals surface area contributed by atoms with Crippen LogP contribution < -0.4 is 16.4 Å². The number of nitrogens with zero attached hydrogens (tertiary/aromatic N) is 10. The van der Waals surface area contributed by atoms with Crippen molar-refractivity contribution in [2.24, 2.45) is 0 Å². The monoisotopic (exact) mass is 1550 g/mol. The summed E-state index contributed by atoms with van der Waals surface area (Å²) in [6.45, 7) is 0. The predicted octanol–water partition coefficient (Wildman–Crippen LogP) is 18.2. The van der Waals surface area contributed by atoms with Gasteiger partial charge in [0.15, 0.2) is 11.6 Å². The molecule has 0 bridgehead atoms. The highest BCUT2D eigenvalue weighted by atomic mass is 16.4. The van der Waals surface area contributed by atoms with Crippen molar-refractivity contribution in [2.45, 2.75) is 0 Å². The number of hydrogen-bond acceptors (Lipinski definition) is 13. The quantitative estimate of drug-likeness (QED) is 0.0526. The molecule has 0 aliphatic heterocycles. The Morgan fingerprint density at radius 3 is 0.783 bits per heavy atom. The summed E-state index contributed by atoms with van der Waals surface area (Å²) in [6.07, 6.45) is 3.54. The topological polar surface area (TPSA) is 226 Å². The smallest absolute Gasteiger partial charge is 0.423 e. The van der Waals surface area contributed by atoms with E-state index in [1.807, 2.05) is 218 Å². The van der Waals surface area contributed by atoms with Gasteiger partial charge in [0.25, 0.3) is 0 Å². The van der Waals surface area contributed by atoms with E-state index in [2.05, 4.69) is 169 Å². The van der Waals surface area contributed by atoms with E-state index in [1.54, 1.807) is 30.6 Å². The molecule has 6 N–H and O–H groups in total. The minimum atomic E-state index is -1.54. The van der Waals surface area contributed by atoms with E-state index in [-0.39, 0.29) is 0 Å². The lowest BCUT2D eigenvalue weighted by atomic mass is 9.80. The summed E-state index contributed by atoms with van der Waals surface area (Å²) in [5.41, 5.74) is 24.7. The van der Waals surface area contributed by atoms with Crippen molar-refractivity contribution >= 4 is 103 Å². The van der Waals surface area contributed by atoms with Gasteiger partial charge in [-0.3, -0.25) is 9.97 Å². The largest absolute Gasteiger partial charge is 0.488 e. The molecule has 16 nitrogen and oxygen atoms in total. The van der Waals surface area contributed by atoms with Gasteiger partial charge in [0.1, 0.15) is 0 Å². The first-order valence-electron chi connectivity index (χ1n) is 39.3. The second kappa shape index (κ2) is 32.8. The molecule has 570 valence electrons. The average molecular weight is 1550 g/mol. The van der Waals surface area contributed by atoms with Gasteiger partial charge < -0.3 is 43.8 Å². The summed E-state index contributed by atoms with van der Waals surface area (Å²) in [7, 11) is -4.61. The summed E-state index contributed by atoms with van der Waals surface area (Å²) in [5, 5.41) is 65.4. The summed E-state index contributed by atoms with van der Waals surface area (Å²) >= 11 is 0. The van der Waals surface area contributed by atoms with E-state index in [4.69, 9.17) is 24.9 Å². The lowest BCUT2D eigenvalue weighted by Gasteiger charge is -2.12. The first-order valence-corrected chi connectivity index (χ1v) is 39.3. The number of rotatable bonds is 15. The Morgan fingerprint density at radius 2 is 0.458 bits per heavy atom. The van der Waals surface area contributed by atoms with E-state index in [0.717, 1.165) is 173 Å². The zero-order chi connectivity index (χ0) is 81.2. The Balaban J connectivity index is 0.000000119. The average Bonchev–Trinajstić information content (AvgIpc) is 1.61. The van der Waals surface area contributed by atoms with Crippen molar-refractivity contribution in [1.82, 2.24) is 48.6 Å². The Bertz CT molecular complexity index is 6430. The van der Waals surface area contributed by atoms with Gasteiger partial charge in [-0.1, -0.05) is 249 Å². The number of pyridine rings is 3. The molecule has 0 aliphatic rings.